The van der Waals surface area contributed by atoms with Crippen molar-refractivity contribution in [3.05, 3.63) is 0 Å². The third-order valence-corrected chi connectivity index (χ3v) is 4.96. The molecule has 2 heterocycles. The summed E-state index contributed by atoms with van der Waals surface area (Å²) in [5.74, 6) is 1.000. The highest BCUT2D eigenvalue weighted by molar-refractivity contribution is 4.91. The van der Waals surface area contributed by atoms with Crippen molar-refractivity contribution in [2.75, 3.05) is 32.7 Å². The predicted octanol–water partition coefficient (Wildman–Crippen LogP) is 1.59. The van der Waals surface area contributed by atoms with Gasteiger partial charge in [-0.3, -0.25) is 4.90 Å². The second-order valence-corrected chi connectivity index (χ2v) is 6.50. The Balaban J connectivity index is 1.24. The average molecular weight is 251 g/mol. The second-order valence-electron chi connectivity index (χ2n) is 6.50. The van der Waals surface area contributed by atoms with Gasteiger partial charge in [0.05, 0.1) is 0 Å². The zero-order chi connectivity index (χ0) is 12.2. The van der Waals surface area contributed by atoms with Crippen LogP contribution in [0.5, 0.6) is 0 Å². The van der Waals surface area contributed by atoms with Crippen LogP contribution in [0.3, 0.4) is 0 Å². The molecule has 1 aliphatic carbocycles. The second kappa shape index (κ2) is 6.36. The topological polar surface area (TPSA) is 27.3 Å². The molecule has 2 aliphatic heterocycles. The van der Waals surface area contributed by atoms with Crippen LogP contribution in [0.1, 0.15) is 44.9 Å². The molecular formula is C15H29N3. The molecule has 104 valence electrons. The van der Waals surface area contributed by atoms with Gasteiger partial charge in [-0.1, -0.05) is 0 Å². The van der Waals surface area contributed by atoms with Gasteiger partial charge in [-0.15, -0.1) is 0 Å². The number of likely N-dealkylation sites (tertiary alicyclic amines) is 1. The van der Waals surface area contributed by atoms with Crippen LogP contribution in [0.25, 0.3) is 0 Å². The molecule has 0 aromatic carbocycles. The van der Waals surface area contributed by atoms with Crippen molar-refractivity contribution in [3.8, 4) is 0 Å². The minimum Gasteiger partial charge on any atom is -0.317 e. The monoisotopic (exact) mass is 251 g/mol. The maximum Gasteiger partial charge on any atom is 0.0207 e. The van der Waals surface area contributed by atoms with Crippen LogP contribution in [0.15, 0.2) is 0 Å². The minimum atomic E-state index is 0.790. The van der Waals surface area contributed by atoms with Gasteiger partial charge < -0.3 is 10.6 Å². The Bertz CT molecular complexity index is 246. The zero-order valence-electron chi connectivity index (χ0n) is 11.7. The first kappa shape index (κ1) is 12.9. The molecule has 0 aromatic rings. The first-order chi connectivity index (χ1) is 8.92. The van der Waals surface area contributed by atoms with E-state index in [9.17, 15) is 0 Å². The lowest BCUT2D eigenvalue weighted by Crippen LogP contribution is -2.34. The van der Waals surface area contributed by atoms with E-state index in [1.807, 2.05) is 0 Å². The van der Waals surface area contributed by atoms with E-state index in [1.165, 1.54) is 77.7 Å². The fraction of sp³-hybridized carbons (Fsp3) is 1.00. The van der Waals surface area contributed by atoms with Crippen LogP contribution in [-0.2, 0) is 0 Å². The lowest BCUT2D eigenvalue weighted by atomic mass is 9.93. The number of piperidine rings is 1. The highest BCUT2D eigenvalue weighted by Gasteiger charge is 2.33. The van der Waals surface area contributed by atoms with Crippen molar-refractivity contribution in [1.82, 2.24) is 15.5 Å². The molecule has 1 unspecified atom stereocenters. The van der Waals surface area contributed by atoms with Gasteiger partial charge in [0.1, 0.15) is 0 Å². The van der Waals surface area contributed by atoms with Crippen molar-refractivity contribution in [2.45, 2.75) is 57.0 Å². The molecule has 1 saturated carbocycles. The zero-order valence-corrected chi connectivity index (χ0v) is 11.7. The lowest BCUT2D eigenvalue weighted by molar-refractivity contribution is 0.314. The fourth-order valence-corrected chi connectivity index (χ4v) is 3.59. The quantitative estimate of drug-likeness (QED) is 0.702. The summed E-state index contributed by atoms with van der Waals surface area (Å²) in [5.41, 5.74) is 0. The van der Waals surface area contributed by atoms with Crippen LogP contribution in [0.4, 0.5) is 0 Å². The Morgan fingerprint density at radius 3 is 2.67 bits per heavy atom. The Morgan fingerprint density at radius 2 is 1.89 bits per heavy atom. The van der Waals surface area contributed by atoms with Crippen molar-refractivity contribution >= 4 is 0 Å². The molecule has 0 amide bonds. The van der Waals surface area contributed by atoms with Crippen molar-refractivity contribution in [3.63, 3.8) is 0 Å². The highest BCUT2D eigenvalue weighted by atomic mass is 15.2. The van der Waals surface area contributed by atoms with Gasteiger partial charge in [-0.05, 0) is 70.5 Å². The number of hydrogen-bond acceptors (Lipinski definition) is 3. The molecule has 18 heavy (non-hydrogen) atoms. The van der Waals surface area contributed by atoms with E-state index < -0.39 is 0 Å². The molecule has 2 N–H and O–H groups in total. The molecule has 2 saturated heterocycles. The van der Waals surface area contributed by atoms with E-state index in [-0.39, 0.29) is 0 Å². The number of rotatable bonds is 6. The summed E-state index contributed by atoms with van der Waals surface area (Å²) >= 11 is 0. The van der Waals surface area contributed by atoms with Gasteiger partial charge in [0, 0.05) is 25.2 Å². The molecule has 3 fully saturated rings. The molecule has 3 rings (SSSR count). The van der Waals surface area contributed by atoms with E-state index >= 15 is 0 Å². The van der Waals surface area contributed by atoms with Gasteiger partial charge in [-0.2, -0.15) is 0 Å². The first-order valence-electron chi connectivity index (χ1n) is 8.10. The molecule has 0 bridgehead atoms. The fourth-order valence-electron chi connectivity index (χ4n) is 3.59. The van der Waals surface area contributed by atoms with E-state index in [0.717, 1.165) is 18.0 Å². The normalized spacial score (nSPS) is 31.0. The third-order valence-electron chi connectivity index (χ3n) is 4.96. The first-order valence-corrected chi connectivity index (χ1v) is 8.10. The Labute approximate surface area is 112 Å². The summed E-state index contributed by atoms with van der Waals surface area (Å²) in [6, 6.07) is 1.75. The maximum absolute atomic E-state index is 3.78. The standard InChI is InChI=1S/C15H29N3/c1(2-13-5-9-16-10-6-13)8-17-14-7-11-18(12-14)15-3-4-15/h13-17H,1-12H2. The third kappa shape index (κ3) is 3.69. The molecule has 0 radical (unpaired) electrons. The summed E-state index contributed by atoms with van der Waals surface area (Å²) in [7, 11) is 0. The van der Waals surface area contributed by atoms with Crippen molar-refractivity contribution in [2.24, 2.45) is 5.92 Å². The van der Waals surface area contributed by atoms with Gasteiger partial charge in [0.2, 0.25) is 0 Å². The van der Waals surface area contributed by atoms with Crippen LogP contribution in [-0.4, -0.2) is 49.7 Å². The SMILES string of the molecule is C(CNC1CCN(C2CC2)C1)CC1CCNCC1. The van der Waals surface area contributed by atoms with Crippen molar-refractivity contribution in [1.29, 1.82) is 0 Å². The van der Waals surface area contributed by atoms with Crippen LogP contribution < -0.4 is 10.6 Å². The molecular weight excluding hydrogens is 222 g/mol. The van der Waals surface area contributed by atoms with E-state index in [0.29, 0.717) is 0 Å². The van der Waals surface area contributed by atoms with Crippen LogP contribution in [0.2, 0.25) is 0 Å². The number of nitrogens with zero attached hydrogens (tertiary/aromatic N) is 1. The van der Waals surface area contributed by atoms with Gasteiger partial charge in [-0.25, -0.2) is 0 Å². The van der Waals surface area contributed by atoms with Gasteiger partial charge in [0.25, 0.3) is 0 Å². The van der Waals surface area contributed by atoms with E-state index in [1.54, 1.807) is 0 Å². The Morgan fingerprint density at radius 1 is 1.06 bits per heavy atom. The maximum atomic E-state index is 3.78. The average Bonchev–Trinajstić information content (AvgIpc) is 3.16. The van der Waals surface area contributed by atoms with Gasteiger partial charge >= 0.3 is 0 Å². The smallest absolute Gasteiger partial charge is 0.0207 e. The van der Waals surface area contributed by atoms with Gasteiger partial charge in [0.15, 0.2) is 0 Å². The molecule has 3 aliphatic rings. The molecule has 3 heteroatoms. The molecule has 0 aromatic heterocycles. The summed E-state index contributed by atoms with van der Waals surface area (Å²) in [5, 5.41) is 7.23. The Hall–Kier alpha value is -0.120. The minimum absolute atomic E-state index is 0.790. The van der Waals surface area contributed by atoms with Crippen LogP contribution >= 0.6 is 0 Å². The molecule has 1 atom stereocenters. The van der Waals surface area contributed by atoms with E-state index in [2.05, 4.69) is 15.5 Å². The summed E-state index contributed by atoms with van der Waals surface area (Å²) in [6.45, 7) is 6.40. The summed E-state index contributed by atoms with van der Waals surface area (Å²) in [6.07, 6.45) is 9.92. The van der Waals surface area contributed by atoms with Crippen LogP contribution in [0, 0.1) is 5.92 Å². The number of hydrogen-bond donors (Lipinski definition) is 2. The summed E-state index contributed by atoms with van der Waals surface area (Å²) in [4.78, 5) is 2.70. The van der Waals surface area contributed by atoms with Crippen molar-refractivity contribution < 1.29 is 0 Å². The molecule has 0 spiro atoms. The Kier molecular flexibility index (Phi) is 4.55. The largest absolute Gasteiger partial charge is 0.317 e. The lowest BCUT2D eigenvalue weighted by Gasteiger charge is -2.22. The highest BCUT2D eigenvalue weighted by Crippen LogP contribution is 2.29. The summed E-state index contributed by atoms with van der Waals surface area (Å²) < 4.78 is 0. The van der Waals surface area contributed by atoms with E-state index in [4.69, 9.17) is 0 Å². The number of nitrogens with one attached hydrogen (secondary N) is 2. The predicted molar refractivity (Wildman–Crippen MR) is 75.8 cm³/mol. The molecule has 3 nitrogen and oxygen atoms in total.